The topological polar surface area (TPSA) is 95.9 Å². The third-order valence-electron chi connectivity index (χ3n) is 7.90. The Bertz CT molecular complexity index is 1070. The number of piperidine rings is 1. The van der Waals surface area contributed by atoms with Gasteiger partial charge in [0.25, 0.3) is 0 Å². The number of hydrogen-bond acceptors (Lipinski definition) is 4. The van der Waals surface area contributed by atoms with Gasteiger partial charge in [0.05, 0.1) is 0 Å². The van der Waals surface area contributed by atoms with Gasteiger partial charge in [-0.1, -0.05) is 55.0 Å². The van der Waals surface area contributed by atoms with E-state index in [1.807, 2.05) is 24.3 Å². The van der Waals surface area contributed by atoms with E-state index >= 15 is 0 Å². The highest BCUT2D eigenvalue weighted by atomic mass is 16.5. The summed E-state index contributed by atoms with van der Waals surface area (Å²) in [6.45, 7) is 1.11. The lowest BCUT2D eigenvalue weighted by Gasteiger charge is -2.36. The highest BCUT2D eigenvalue weighted by Crippen LogP contribution is 2.44. The van der Waals surface area contributed by atoms with Gasteiger partial charge in [-0.25, -0.2) is 9.59 Å². The van der Waals surface area contributed by atoms with Crippen LogP contribution in [-0.4, -0.2) is 53.7 Å². The molecule has 2 N–H and O–H groups in total. The van der Waals surface area contributed by atoms with Crippen molar-refractivity contribution in [2.24, 2.45) is 11.8 Å². The molecule has 3 atom stereocenters. The molecule has 0 spiro atoms. The Kier molecular flexibility index (Phi) is 6.75. The molecule has 0 bridgehead atoms. The van der Waals surface area contributed by atoms with Crippen molar-refractivity contribution >= 4 is 18.0 Å². The molecule has 3 aliphatic rings. The first kappa shape index (κ1) is 23.4. The maximum Gasteiger partial charge on any atom is 0.407 e. The number of nitrogens with zero attached hydrogens (tertiary/aromatic N) is 1. The number of carboxylic acids is 1. The number of rotatable bonds is 6. The molecule has 184 valence electrons. The van der Waals surface area contributed by atoms with Crippen LogP contribution in [0, 0.1) is 11.8 Å². The number of nitrogens with one attached hydrogen (secondary N) is 1. The second kappa shape index (κ2) is 10.1. The molecule has 0 radical (unpaired) electrons. The summed E-state index contributed by atoms with van der Waals surface area (Å²) in [4.78, 5) is 39.0. The SMILES string of the molecule is O=C(NCC1CCCC1C(=O)N1CCCC[C@@H]1C(=O)O)OCC1c2ccccc2-c2ccccc21. The Hall–Kier alpha value is -3.35. The first-order chi connectivity index (χ1) is 17.0. The minimum absolute atomic E-state index is 0.000598. The number of carboxylic acid groups (broad SMARTS) is 1. The van der Waals surface area contributed by atoms with E-state index in [0.29, 0.717) is 19.5 Å². The van der Waals surface area contributed by atoms with Gasteiger partial charge in [0, 0.05) is 24.9 Å². The summed E-state index contributed by atoms with van der Waals surface area (Å²) in [6.07, 6.45) is 4.18. The van der Waals surface area contributed by atoms with Crippen molar-refractivity contribution in [1.82, 2.24) is 10.2 Å². The minimum atomic E-state index is -0.927. The molecule has 0 aromatic heterocycles. The summed E-state index contributed by atoms with van der Waals surface area (Å²) >= 11 is 0. The second-order valence-corrected chi connectivity index (χ2v) is 9.89. The van der Waals surface area contributed by atoms with Crippen LogP contribution in [-0.2, 0) is 14.3 Å². The molecule has 1 saturated carbocycles. The van der Waals surface area contributed by atoms with Crippen molar-refractivity contribution in [2.75, 3.05) is 19.7 Å². The molecular weight excluding hydrogens is 444 g/mol. The number of fused-ring (bicyclic) bond motifs is 3. The van der Waals surface area contributed by atoms with Gasteiger partial charge >= 0.3 is 12.1 Å². The largest absolute Gasteiger partial charge is 0.480 e. The van der Waals surface area contributed by atoms with Crippen LogP contribution in [0.5, 0.6) is 0 Å². The number of ether oxygens (including phenoxy) is 1. The van der Waals surface area contributed by atoms with Gasteiger partial charge in [0.15, 0.2) is 0 Å². The van der Waals surface area contributed by atoms with Gasteiger partial charge in [0.1, 0.15) is 12.6 Å². The van der Waals surface area contributed by atoms with Crippen LogP contribution in [0.2, 0.25) is 0 Å². The lowest BCUT2D eigenvalue weighted by molar-refractivity contribution is -0.154. The van der Waals surface area contributed by atoms with E-state index in [0.717, 1.165) is 43.2 Å². The van der Waals surface area contributed by atoms with E-state index in [9.17, 15) is 19.5 Å². The molecule has 5 rings (SSSR count). The standard InChI is InChI=1S/C28H32N2O5/c31-26(30-15-6-5-14-25(30)27(32)33)19-13-7-8-18(19)16-29-28(34)35-17-24-22-11-3-1-9-20(22)21-10-2-4-12-23(21)24/h1-4,9-12,18-19,24-25H,5-8,13-17H2,(H,29,34)(H,32,33)/t18?,19?,25-/m1/s1. The van der Waals surface area contributed by atoms with Crippen LogP contribution in [0.25, 0.3) is 11.1 Å². The fraction of sp³-hybridized carbons (Fsp3) is 0.464. The first-order valence-corrected chi connectivity index (χ1v) is 12.7. The van der Waals surface area contributed by atoms with E-state index in [-0.39, 0.29) is 30.3 Å². The van der Waals surface area contributed by atoms with Crippen LogP contribution in [0.1, 0.15) is 55.6 Å². The zero-order chi connectivity index (χ0) is 24.4. The Balaban J connectivity index is 1.17. The maximum absolute atomic E-state index is 13.2. The van der Waals surface area contributed by atoms with Crippen molar-refractivity contribution in [3.63, 3.8) is 0 Å². The minimum Gasteiger partial charge on any atom is -0.480 e. The molecule has 2 aromatic carbocycles. The zero-order valence-electron chi connectivity index (χ0n) is 19.8. The van der Waals surface area contributed by atoms with Crippen LogP contribution >= 0.6 is 0 Å². The molecule has 2 aromatic rings. The lowest BCUT2D eigenvalue weighted by atomic mass is 9.92. The number of hydrogen-bond donors (Lipinski definition) is 2. The number of amides is 2. The summed E-state index contributed by atoms with van der Waals surface area (Å²) in [6, 6.07) is 15.7. The van der Waals surface area contributed by atoms with Gasteiger partial charge in [0.2, 0.25) is 5.91 Å². The van der Waals surface area contributed by atoms with Gasteiger partial charge in [-0.2, -0.15) is 0 Å². The lowest BCUT2D eigenvalue weighted by Crippen LogP contribution is -2.51. The van der Waals surface area contributed by atoms with Crippen LogP contribution in [0.4, 0.5) is 4.79 Å². The molecule has 2 unspecified atom stereocenters. The van der Waals surface area contributed by atoms with Crippen molar-refractivity contribution in [3.8, 4) is 11.1 Å². The van der Waals surface area contributed by atoms with E-state index in [4.69, 9.17) is 4.74 Å². The normalized spacial score (nSPS) is 23.4. The number of likely N-dealkylation sites (tertiary alicyclic amines) is 1. The first-order valence-electron chi connectivity index (χ1n) is 12.7. The van der Waals surface area contributed by atoms with Crippen molar-refractivity contribution in [3.05, 3.63) is 59.7 Å². The van der Waals surface area contributed by atoms with Crippen LogP contribution < -0.4 is 5.32 Å². The fourth-order valence-corrected chi connectivity index (χ4v) is 6.14. The molecule has 7 nitrogen and oxygen atoms in total. The van der Waals surface area contributed by atoms with Gasteiger partial charge < -0.3 is 20.1 Å². The summed E-state index contributed by atoms with van der Waals surface area (Å²) < 4.78 is 5.64. The van der Waals surface area contributed by atoms with E-state index < -0.39 is 18.1 Å². The number of benzene rings is 2. The van der Waals surface area contributed by atoms with E-state index in [2.05, 4.69) is 29.6 Å². The molecule has 1 aliphatic heterocycles. The molecule has 2 aliphatic carbocycles. The highest BCUT2D eigenvalue weighted by molar-refractivity contribution is 5.86. The Morgan fingerprint density at radius 3 is 2.29 bits per heavy atom. The second-order valence-electron chi connectivity index (χ2n) is 9.89. The average Bonchev–Trinajstić information content (AvgIpc) is 3.48. The highest BCUT2D eigenvalue weighted by Gasteiger charge is 2.40. The Morgan fingerprint density at radius 1 is 0.914 bits per heavy atom. The number of carbonyl (C=O) groups is 3. The Morgan fingerprint density at radius 2 is 1.60 bits per heavy atom. The van der Waals surface area contributed by atoms with Crippen LogP contribution in [0.15, 0.2) is 48.5 Å². The third-order valence-corrected chi connectivity index (χ3v) is 7.90. The fourth-order valence-electron chi connectivity index (χ4n) is 6.14. The van der Waals surface area contributed by atoms with Gasteiger partial charge in [-0.15, -0.1) is 0 Å². The molecule has 7 heteroatoms. The molecule has 2 amide bonds. The van der Waals surface area contributed by atoms with Crippen molar-refractivity contribution in [2.45, 2.75) is 50.5 Å². The summed E-state index contributed by atoms with van der Waals surface area (Å²) in [5.41, 5.74) is 4.69. The van der Waals surface area contributed by atoms with Gasteiger partial charge in [-0.3, -0.25) is 4.79 Å². The molecule has 35 heavy (non-hydrogen) atoms. The predicted octanol–water partition coefficient (Wildman–Crippen LogP) is 4.41. The molecule has 1 saturated heterocycles. The molecular formula is C28H32N2O5. The number of alkyl carbamates (subject to hydrolysis) is 1. The van der Waals surface area contributed by atoms with Crippen molar-refractivity contribution in [1.29, 1.82) is 0 Å². The summed E-state index contributed by atoms with van der Waals surface area (Å²) in [5.74, 6) is -1.25. The zero-order valence-corrected chi connectivity index (χ0v) is 19.8. The number of carbonyl (C=O) groups excluding carboxylic acids is 2. The van der Waals surface area contributed by atoms with E-state index in [1.54, 1.807) is 4.90 Å². The van der Waals surface area contributed by atoms with Crippen molar-refractivity contribution < 1.29 is 24.2 Å². The molecule has 2 fully saturated rings. The summed E-state index contributed by atoms with van der Waals surface area (Å²) in [5, 5.41) is 12.4. The average molecular weight is 477 g/mol. The maximum atomic E-state index is 13.2. The molecule has 1 heterocycles. The van der Waals surface area contributed by atoms with E-state index in [1.165, 1.54) is 11.1 Å². The number of aliphatic carboxylic acids is 1. The predicted molar refractivity (Wildman–Crippen MR) is 131 cm³/mol. The Labute approximate surface area is 205 Å². The summed E-state index contributed by atoms with van der Waals surface area (Å²) in [7, 11) is 0. The quantitative estimate of drug-likeness (QED) is 0.644. The van der Waals surface area contributed by atoms with Gasteiger partial charge in [-0.05, 0) is 60.3 Å². The third kappa shape index (κ3) is 4.64. The monoisotopic (exact) mass is 476 g/mol. The smallest absolute Gasteiger partial charge is 0.407 e. The van der Waals surface area contributed by atoms with Crippen LogP contribution in [0.3, 0.4) is 0 Å².